The maximum Gasteiger partial charge on any atom is 0.197 e. The number of allylic oxidation sites excluding steroid dienone is 1. The molecule has 7 heteroatoms. The van der Waals surface area contributed by atoms with Gasteiger partial charge < -0.3 is 19.1 Å². The highest BCUT2D eigenvalue weighted by Crippen LogP contribution is 2.40. The third kappa shape index (κ3) is 2.83. The smallest absolute Gasteiger partial charge is 0.197 e. The summed E-state index contributed by atoms with van der Waals surface area (Å²) >= 11 is 6.10. The Morgan fingerprint density at radius 1 is 1.41 bits per heavy atom. The summed E-state index contributed by atoms with van der Waals surface area (Å²) in [5, 5.41) is 0.590. The summed E-state index contributed by atoms with van der Waals surface area (Å²) < 4.78 is 30.7. The van der Waals surface area contributed by atoms with Crippen molar-refractivity contribution in [2.45, 2.75) is 6.42 Å². The monoisotopic (exact) mass is 326 g/mol. The highest BCUT2D eigenvalue weighted by molar-refractivity contribution is 6.30. The Morgan fingerprint density at radius 2 is 2.23 bits per heavy atom. The van der Waals surface area contributed by atoms with Gasteiger partial charge in [0.1, 0.15) is 30.8 Å². The molecule has 1 aromatic rings. The molecule has 0 bridgehead atoms. The number of methoxy groups -OCH3 is 1. The molecule has 2 heterocycles. The molecule has 0 fully saturated rings. The van der Waals surface area contributed by atoms with Gasteiger partial charge in [0.05, 0.1) is 7.11 Å². The Hall–Kier alpha value is -1.95. The van der Waals surface area contributed by atoms with Gasteiger partial charge in [-0.2, -0.15) is 0 Å². The molecule has 0 saturated heterocycles. The summed E-state index contributed by atoms with van der Waals surface area (Å²) in [4.78, 5) is 5.99. The van der Waals surface area contributed by atoms with E-state index in [-0.39, 0.29) is 5.75 Å². The highest BCUT2D eigenvalue weighted by Gasteiger charge is 2.24. The van der Waals surface area contributed by atoms with Gasteiger partial charge in [-0.15, -0.1) is 0 Å². The Kier molecular flexibility index (Phi) is 4.38. The maximum atomic E-state index is 14.7. The van der Waals surface area contributed by atoms with Gasteiger partial charge in [0, 0.05) is 24.4 Å². The molecule has 0 spiro atoms. The Balaban J connectivity index is 1.83. The van der Waals surface area contributed by atoms with Crippen LogP contribution in [0, 0.1) is 5.82 Å². The van der Waals surface area contributed by atoms with Crippen LogP contribution in [0.15, 0.2) is 22.3 Å². The van der Waals surface area contributed by atoms with Crippen molar-refractivity contribution in [2.75, 3.05) is 33.5 Å². The van der Waals surface area contributed by atoms with Crippen LogP contribution in [-0.4, -0.2) is 44.7 Å². The van der Waals surface area contributed by atoms with E-state index >= 15 is 0 Å². The number of nitrogens with zero attached hydrogens (tertiary/aromatic N) is 2. The number of hydrogen-bond acceptors (Lipinski definition) is 5. The van der Waals surface area contributed by atoms with Crippen molar-refractivity contribution in [3.05, 3.63) is 28.7 Å². The van der Waals surface area contributed by atoms with Crippen molar-refractivity contribution >= 4 is 17.8 Å². The zero-order valence-electron chi connectivity index (χ0n) is 12.1. The first-order valence-corrected chi connectivity index (χ1v) is 7.34. The normalized spacial score (nSPS) is 16.5. The topological polar surface area (TPSA) is 43.3 Å². The fourth-order valence-corrected chi connectivity index (χ4v) is 2.63. The predicted octanol–water partition coefficient (Wildman–Crippen LogP) is 2.57. The average molecular weight is 327 g/mol. The molecular formula is C15H16ClFN2O3. The van der Waals surface area contributed by atoms with Gasteiger partial charge in [-0.05, 0) is 12.5 Å². The molecule has 0 amide bonds. The average Bonchev–Trinajstić information content (AvgIpc) is 2.55. The number of ether oxygens (including phenoxy) is 3. The van der Waals surface area contributed by atoms with Gasteiger partial charge in [-0.25, -0.2) is 4.39 Å². The Morgan fingerprint density at radius 3 is 3.00 bits per heavy atom. The number of aliphatic imine (C=N–C) groups is 1. The first-order valence-electron chi connectivity index (χ1n) is 6.96. The van der Waals surface area contributed by atoms with Crippen LogP contribution in [0.1, 0.15) is 5.56 Å². The first kappa shape index (κ1) is 15.0. The van der Waals surface area contributed by atoms with Crippen LogP contribution in [-0.2, 0) is 6.42 Å². The number of benzene rings is 1. The van der Waals surface area contributed by atoms with Gasteiger partial charge in [-0.3, -0.25) is 4.99 Å². The lowest BCUT2D eigenvalue weighted by Gasteiger charge is -2.25. The van der Waals surface area contributed by atoms with Gasteiger partial charge in [0.2, 0.25) is 0 Å². The Labute approximate surface area is 132 Å². The molecule has 0 radical (unpaired) electrons. The van der Waals surface area contributed by atoms with Crippen LogP contribution >= 0.6 is 11.6 Å². The van der Waals surface area contributed by atoms with E-state index in [0.717, 1.165) is 0 Å². The molecule has 0 unspecified atom stereocenters. The van der Waals surface area contributed by atoms with Crippen molar-refractivity contribution in [2.24, 2.45) is 4.99 Å². The Bertz CT molecular complexity index is 634. The number of hydrogen-bond donors (Lipinski definition) is 0. The minimum absolute atomic E-state index is 0.153. The molecule has 2 aliphatic heterocycles. The molecule has 3 rings (SSSR count). The van der Waals surface area contributed by atoms with Gasteiger partial charge >= 0.3 is 0 Å². The molecule has 118 valence electrons. The second-order valence-electron chi connectivity index (χ2n) is 4.87. The van der Waals surface area contributed by atoms with Gasteiger partial charge in [0.25, 0.3) is 0 Å². The van der Waals surface area contributed by atoms with E-state index in [1.54, 1.807) is 18.4 Å². The summed E-state index contributed by atoms with van der Waals surface area (Å²) in [7, 11) is 1.51. The van der Waals surface area contributed by atoms with E-state index in [2.05, 4.69) is 4.99 Å². The standard InChI is InChI=1S/C15H16ClFN2O3/c1-20-11-8-12-15(22-7-6-21-12)14(17)10(11)3-5-19-9-18-4-2-13(19)16/h2,4,8H,3,5-7,9H2,1H3. The summed E-state index contributed by atoms with van der Waals surface area (Å²) in [6.07, 6.45) is 3.79. The van der Waals surface area contributed by atoms with Crippen molar-refractivity contribution < 1.29 is 18.6 Å². The second kappa shape index (κ2) is 6.44. The lowest BCUT2D eigenvalue weighted by Crippen LogP contribution is -2.26. The van der Waals surface area contributed by atoms with E-state index < -0.39 is 5.82 Å². The first-order chi connectivity index (χ1) is 10.7. The van der Waals surface area contributed by atoms with Crippen LogP contribution in [0.5, 0.6) is 17.2 Å². The number of rotatable bonds is 4. The van der Waals surface area contributed by atoms with Gasteiger partial charge in [-0.1, -0.05) is 11.6 Å². The van der Waals surface area contributed by atoms with E-state index in [4.69, 9.17) is 25.8 Å². The van der Waals surface area contributed by atoms with E-state index in [0.29, 0.717) is 55.1 Å². The van der Waals surface area contributed by atoms with Crippen molar-refractivity contribution in [3.63, 3.8) is 0 Å². The summed E-state index contributed by atoms with van der Waals surface area (Å²) in [6, 6.07) is 1.67. The SMILES string of the molecule is COc1cc2c(c(F)c1CCN1CN=CC=C1Cl)OCCO2. The van der Waals surface area contributed by atoms with E-state index in [9.17, 15) is 4.39 Å². The van der Waals surface area contributed by atoms with Gasteiger partial charge in [0.15, 0.2) is 17.3 Å². The van der Waals surface area contributed by atoms with Crippen LogP contribution in [0.4, 0.5) is 4.39 Å². The predicted molar refractivity (Wildman–Crippen MR) is 81.6 cm³/mol. The van der Waals surface area contributed by atoms with Crippen molar-refractivity contribution in [1.82, 2.24) is 4.90 Å². The molecule has 22 heavy (non-hydrogen) atoms. The summed E-state index contributed by atoms with van der Waals surface area (Å²) in [5.41, 5.74) is 0.450. The molecule has 0 saturated carbocycles. The quantitative estimate of drug-likeness (QED) is 0.798. The van der Waals surface area contributed by atoms with Crippen molar-refractivity contribution in [3.8, 4) is 17.2 Å². The molecule has 0 aliphatic carbocycles. The largest absolute Gasteiger partial charge is 0.496 e. The number of halogens is 2. The molecule has 1 aromatic carbocycles. The van der Waals surface area contributed by atoms with Crippen molar-refractivity contribution in [1.29, 1.82) is 0 Å². The summed E-state index contributed by atoms with van der Waals surface area (Å²) in [5.74, 6) is 0.544. The second-order valence-corrected chi connectivity index (χ2v) is 5.26. The maximum absolute atomic E-state index is 14.7. The molecule has 2 aliphatic rings. The zero-order chi connectivity index (χ0) is 15.5. The lowest BCUT2D eigenvalue weighted by atomic mass is 10.1. The fourth-order valence-electron chi connectivity index (χ4n) is 2.43. The highest BCUT2D eigenvalue weighted by atomic mass is 35.5. The van der Waals surface area contributed by atoms with E-state index in [1.807, 2.05) is 4.90 Å². The third-order valence-electron chi connectivity index (χ3n) is 3.56. The molecule has 0 atom stereocenters. The minimum atomic E-state index is -0.435. The number of fused-ring (bicyclic) bond motifs is 1. The fraction of sp³-hybridized carbons (Fsp3) is 0.400. The molecular weight excluding hydrogens is 311 g/mol. The van der Waals surface area contributed by atoms with Crippen LogP contribution in [0.2, 0.25) is 0 Å². The van der Waals surface area contributed by atoms with Crippen LogP contribution in [0.25, 0.3) is 0 Å². The molecule has 0 N–H and O–H groups in total. The third-order valence-corrected chi connectivity index (χ3v) is 3.92. The van der Waals surface area contributed by atoms with E-state index in [1.165, 1.54) is 7.11 Å². The summed E-state index contributed by atoms with van der Waals surface area (Å²) in [6.45, 7) is 1.73. The lowest BCUT2D eigenvalue weighted by molar-refractivity contribution is 0.162. The molecule has 0 aromatic heterocycles. The van der Waals surface area contributed by atoms with Crippen LogP contribution in [0.3, 0.4) is 0 Å². The zero-order valence-corrected chi connectivity index (χ0v) is 12.9. The minimum Gasteiger partial charge on any atom is -0.496 e. The van der Waals surface area contributed by atoms with Crippen LogP contribution < -0.4 is 14.2 Å². The molecule has 5 nitrogen and oxygen atoms in total.